The number of anilines is 1. The fourth-order valence-electron chi connectivity index (χ4n) is 3.82. The van der Waals surface area contributed by atoms with Crippen LogP contribution in [0.4, 0.5) is 5.69 Å². The molecule has 0 saturated carbocycles. The molecule has 0 aliphatic heterocycles. The van der Waals surface area contributed by atoms with E-state index in [4.69, 9.17) is 14.2 Å². The van der Waals surface area contributed by atoms with E-state index in [1.54, 1.807) is 19.2 Å². The molecular formula is C31H28N4O4S. The van der Waals surface area contributed by atoms with Crippen LogP contribution in [0.25, 0.3) is 5.69 Å². The first kappa shape index (κ1) is 26.8. The number of carbonyl (C=O) groups is 1. The van der Waals surface area contributed by atoms with Crippen LogP contribution in [0.1, 0.15) is 11.4 Å². The molecule has 202 valence electrons. The standard InChI is InChI=1S/C31H28N4O4S/c1-22-8-14-26(15-9-22)38-20-29-33-34-31(35(29)24-12-18-25(37-2)19-13-24)40-21-30(36)32-23-10-16-28(17-11-23)39-27-6-4-3-5-7-27/h3-19H,20-21H2,1-2H3,(H,32,36). The van der Waals surface area contributed by atoms with E-state index in [9.17, 15) is 4.79 Å². The number of nitrogens with zero attached hydrogens (tertiary/aromatic N) is 3. The van der Waals surface area contributed by atoms with E-state index in [2.05, 4.69) is 15.5 Å². The van der Waals surface area contributed by atoms with Crippen LogP contribution in [0, 0.1) is 6.92 Å². The summed E-state index contributed by atoms with van der Waals surface area (Å²) in [5.41, 5.74) is 2.67. The van der Waals surface area contributed by atoms with Gasteiger partial charge in [-0.2, -0.15) is 0 Å². The Hall–Kier alpha value is -4.76. The Morgan fingerprint density at radius 2 is 1.45 bits per heavy atom. The second kappa shape index (κ2) is 12.9. The van der Waals surface area contributed by atoms with Crippen LogP contribution in [-0.2, 0) is 11.4 Å². The summed E-state index contributed by atoms with van der Waals surface area (Å²) in [4.78, 5) is 12.8. The normalized spacial score (nSPS) is 10.7. The molecule has 1 N–H and O–H groups in total. The molecule has 0 radical (unpaired) electrons. The van der Waals surface area contributed by atoms with Gasteiger partial charge in [0.05, 0.1) is 12.9 Å². The highest BCUT2D eigenvalue weighted by atomic mass is 32.2. The highest BCUT2D eigenvalue weighted by molar-refractivity contribution is 7.99. The van der Waals surface area contributed by atoms with Crippen molar-refractivity contribution in [2.75, 3.05) is 18.2 Å². The number of thioether (sulfide) groups is 1. The van der Waals surface area contributed by atoms with Crippen molar-refractivity contribution in [3.05, 3.63) is 115 Å². The van der Waals surface area contributed by atoms with E-state index >= 15 is 0 Å². The smallest absolute Gasteiger partial charge is 0.234 e. The summed E-state index contributed by atoms with van der Waals surface area (Å²) >= 11 is 1.29. The minimum Gasteiger partial charge on any atom is -0.497 e. The Labute approximate surface area is 236 Å². The average molecular weight is 553 g/mol. The van der Waals surface area contributed by atoms with Crippen molar-refractivity contribution in [1.82, 2.24) is 14.8 Å². The van der Waals surface area contributed by atoms with Gasteiger partial charge in [-0.05, 0) is 79.7 Å². The topological polar surface area (TPSA) is 87.5 Å². The molecular weight excluding hydrogens is 524 g/mol. The molecule has 4 aromatic carbocycles. The first-order chi connectivity index (χ1) is 19.6. The second-order valence-corrected chi connectivity index (χ2v) is 9.75. The Morgan fingerprint density at radius 1 is 0.800 bits per heavy atom. The third kappa shape index (κ3) is 7.00. The summed E-state index contributed by atoms with van der Waals surface area (Å²) < 4.78 is 19.0. The van der Waals surface area contributed by atoms with Crippen molar-refractivity contribution in [2.45, 2.75) is 18.7 Å². The number of aromatic nitrogens is 3. The number of para-hydroxylation sites is 1. The molecule has 1 aromatic heterocycles. The van der Waals surface area contributed by atoms with Gasteiger partial charge in [-0.25, -0.2) is 0 Å². The molecule has 0 saturated heterocycles. The monoisotopic (exact) mass is 552 g/mol. The van der Waals surface area contributed by atoms with E-state index in [1.165, 1.54) is 11.8 Å². The number of carbonyl (C=O) groups excluding carboxylic acids is 1. The Kier molecular flexibility index (Phi) is 8.63. The fraction of sp³-hybridized carbons (Fsp3) is 0.129. The minimum absolute atomic E-state index is 0.148. The van der Waals surface area contributed by atoms with Crippen molar-refractivity contribution < 1.29 is 19.0 Å². The maximum atomic E-state index is 12.8. The third-order valence-corrected chi connectivity index (χ3v) is 6.80. The van der Waals surface area contributed by atoms with Gasteiger partial charge in [0, 0.05) is 11.4 Å². The first-order valence-electron chi connectivity index (χ1n) is 12.6. The number of methoxy groups -OCH3 is 1. The van der Waals surface area contributed by atoms with Crippen molar-refractivity contribution in [1.29, 1.82) is 0 Å². The molecule has 0 aliphatic carbocycles. The summed E-state index contributed by atoms with van der Waals surface area (Å²) in [6.45, 7) is 2.24. The van der Waals surface area contributed by atoms with Crippen molar-refractivity contribution in [2.24, 2.45) is 0 Å². The average Bonchev–Trinajstić information content (AvgIpc) is 3.40. The van der Waals surface area contributed by atoms with Gasteiger partial charge in [0.25, 0.3) is 0 Å². The van der Waals surface area contributed by atoms with E-state index in [-0.39, 0.29) is 18.3 Å². The molecule has 0 aliphatic rings. The van der Waals surface area contributed by atoms with Crippen LogP contribution < -0.4 is 19.5 Å². The quantitative estimate of drug-likeness (QED) is 0.183. The van der Waals surface area contributed by atoms with Crippen LogP contribution in [0.3, 0.4) is 0 Å². The lowest BCUT2D eigenvalue weighted by Crippen LogP contribution is -2.14. The van der Waals surface area contributed by atoms with Crippen LogP contribution in [-0.4, -0.2) is 33.5 Å². The van der Waals surface area contributed by atoms with Crippen LogP contribution in [0.5, 0.6) is 23.0 Å². The largest absolute Gasteiger partial charge is 0.497 e. The van der Waals surface area contributed by atoms with Crippen LogP contribution >= 0.6 is 11.8 Å². The fourth-order valence-corrected chi connectivity index (χ4v) is 4.59. The van der Waals surface area contributed by atoms with Gasteiger partial charge in [-0.3, -0.25) is 9.36 Å². The summed E-state index contributed by atoms with van der Waals surface area (Å²) in [6, 6.07) is 32.2. The van der Waals surface area contributed by atoms with Crippen molar-refractivity contribution >= 4 is 23.4 Å². The predicted molar refractivity (Wildman–Crippen MR) is 156 cm³/mol. The molecule has 0 fully saturated rings. The number of aryl methyl sites for hydroxylation is 1. The van der Waals surface area contributed by atoms with Gasteiger partial charge in [0.2, 0.25) is 5.91 Å². The molecule has 0 spiro atoms. The molecule has 0 bridgehead atoms. The molecule has 9 heteroatoms. The minimum atomic E-state index is -0.163. The van der Waals surface area contributed by atoms with Gasteiger partial charge < -0.3 is 19.5 Å². The highest BCUT2D eigenvalue weighted by Crippen LogP contribution is 2.26. The molecule has 8 nitrogen and oxygen atoms in total. The number of hydrogen-bond donors (Lipinski definition) is 1. The Balaban J connectivity index is 1.25. The third-order valence-electron chi connectivity index (χ3n) is 5.87. The Morgan fingerprint density at radius 3 is 2.15 bits per heavy atom. The SMILES string of the molecule is COc1ccc(-n2c(COc3ccc(C)cc3)nnc2SCC(=O)Nc2ccc(Oc3ccccc3)cc2)cc1. The van der Waals surface area contributed by atoms with E-state index in [0.717, 1.165) is 28.5 Å². The molecule has 1 amide bonds. The molecule has 40 heavy (non-hydrogen) atoms. The van der Waals surface area contributed by atoms with Crippen molar-refractivity contribution in [3.63, 3.8) is 0 Å². The van der Waals surface area contributed by atoms with Crippen LogP contribution in [0.2, 0.25) is 0 Å². The van der Waals surface area contributed by atoms with Gasteiger partial charge in [-0.15, -0.1) is 10.2 Å². The van der Waals surface area contributed by atoms with E-state index in [1.807, 2.05) is 102 Å². The molecule has 1 heterocycles. The molecule has 5 rings (SSSR count). The van der Waals surface area contributed by atoms with Crippen LogP contribution in [0.15, 0.2) is 108 Å². The summed E-state index contributed by atoms with van der Waals surface area (Å²) in [5, 5.41) is 12.2. The van der Waals surface area contributed by atoms with Gasteiger partial charge >= 0.3 is 0 Å². The number of nitrogens with one attached hydrogen (secondary N) is 1. The van der Waals surface area contributed by atoms with E-state index < -0.39 is 0 Å². The lowest BCUT2D eigenvalue weighted by atomic mass is 10.2. The predicted octanol–water partition coefficient (Wildman–Crippen LogP) is 6.69. The maximum Gasteiger partial charge on any atom is 0.234 e. The first-order valence-corrected chi connectivity index (χ1v) is 13.6. The zero-order valence-electron chi connectivity index (χ0n) is 22.1. The summed E-state index contributed by atoms with van der Waals surface area (Å²) in [6.07, 6.45) is 0. The van der Waals surface area contributed by atoms with E-state index in [0.29, 0.717) is 22.4 Å². The molecule has 5 aromatic rings. The number of hydrogen-bond acceptors (Lipinski definition) is 7. The zero-order valence-corrected chi connectivity index (χ0v) is 22.9. The zero-order chi connectivity index (χ0) is 27.7. The maximum absolute atomic E-state index is 12.8. The lowest BCUT2D eigenvalue weighted by Gasteiger charge is -2.12. The van der Waals surface area contributed by atoms with Gasteiger partial charge in [0.15, 0.2) is 11.0 Å². The number of amides is 1. The Bertz CT molecular complexity index is 1540. The molecule has 0 atom stereocenters. The van der Waals surface area contributed by atoms with Crippen molar-refractivity contribution in [3.8, 4) is 28.7 Å². The lowest BCUT2D eigenvalue weighted by molar-refractivity contribution is -0.113. The number of rotatable bonds is 11. The number of ether oxygens (including phenoxy) is 3. The van der Waals surface area contributed by atoms with Gasteiger partial charge in [-0.1, -0.05) is 47.7 Å². The van der Waals surface area contributed by atoms with Gasteiger partial charge in [0.1, 0.15) is 29.6 Å². The highest BCUT2D eigenvalue weighted by Gasteiger charge is 2.17. The summed E-state index contributed by atoms with van der Waals surface area (Å²) in [7, 11) is 1.62. The molecule has 0 unspecified atom stereocenters. The summed E-state index contributed by atoms with van der Waals surface area (Å²) in [5.74, 6) is 3.51. The second-order valence-electron chi connectivity index (χ2n) is 8.81. The number of benzene rings is 4.